The van der Waals surface area contributed by atoms with Crippen LogP contribution in [0.1, 0.15) is 25.7 Å². The van der Waals surface area contributed by atoms with Gasteiger partial charge in [-0.15, -0.1) is 0 Å². The van der Waals surface area contributed by atoms with E-state index in [0.29, 0.717) is 12.8 Å². The van der Waals surface area contributed by atoms with Gasteiger partial charge in [0.05, 0.1) is 18.1 Å². The quantitative estimate of drug-likeness (QED) is 0.324. The Morgan fingerprint density at radius 1 is 0.882 bits per heavy atom. The van der Waals surface area contributed by atoms with Gasteiger partial charge >= 0.3 is 0 Å². The largest absolute Gasteiger partial charge is 0.396 e. The molecule has 0 amide bonds. The van der Waals surface area contributed by atoms with E-state index in [4.69, 9.17) is 9.66 Å². The van der Waals surface area contributed by atoms with Gasteiger partial charge in [0.1, 0.15) is 0 Å². The molecule has 0 bridgehead atoms. The second kappa shape index (κ2) is 7.98. The Balaban J connectivity index is 3.66. The highest BCUT2D eigenvalue weighted by Crippen LogP contribution is 2.02. The van der Waals surface area contributed by atoms with E-state index in [0.717, 1.165) is 0 Å². The smallest absolute Gasteiger partial charge is 0.267 e. The molecule has 17 heavy (non-hydrogen) atoms. The van der Waals surface area contributed by atoms with Crippen LogP contribution in [-0.4, -0.2) is 51.2 Å². The molecule has 0 aliphatic heterocycles. The Morgan fingerprint density at radius 2 is 1.47 bits per heavy atom. The predicted octanol–water partition coefficient (Wildman–Crippen LogP) is -0.227. The van der Waals surface area contributed by atoms with Gasteiger partial charge in [0.25, 0.3) is 20.2 Å². The summed E-state index contributed by atoms with van der Waals surface area (Å²) in [5, 5.41) is 8.47. The average molecular weight is 290 g/mol. The summed E-state index contributed by atoms with van der Waals surface area (Å²) >= 11 is 0. The summed E-state index contributed by atoms with van der Waals surface area (Å²) in [7, 11) is -7.58. The number of hydrogen-bond acceptors (Lipinski definition) is 6. The van der Waals surface area contributed by atoms with Crippen molar-refractivity contribution >= 4 is 20.2 Å². The van der Waals surface area contributed by atoms with E-state index >= 15 is 0 Å². The molecule has 2 N–H and O–H groups in total. The zero-order valence-corrected chi connectivity index (χ0v) is 11.0. The summed E-state index contributed by atoms with van der Waals surface area (Å²) in [6, 6.07) is 0. The van der Waals surface area contributed by atoms with Gasteiger partial charge in [-0.25, -0.2) is 0 Å². The first-order valence-electron chi connectivity index (χ1n) is 5.20. The van der Waals surface area contributed by atoms with E-state index in [9.17, 15) is 16.8 Å². The molecule has 0 aliphatic rings. The van der Waals surface area contributed by atoms with E-state index in [-0.39, 0.29) is 31.8 Å². The maximum atomic E-state index is 11.2. The van der Waals surface area contributed by atoms with Crippen LogP contribution in [0, 0.1) is 0 Å². The van der Waals surface area contributed by atoms with Crippen molar-refractivity contribution in [2.75, 3.05) is 24.7 Å². The lowest BCUT2D eigenvalue weighted by Gasteiger charge is -2.04. The van der Waals surface area contributed by atoms with Crippen molar-refractivity contribution in [2.24, 2.45) is 0 Å². The second-order valence-electron chi connectivity index (χ2n) is 3.51. The number of aliphatic hydroxyl groups is 1. The highest BCUT2D eigenvalue weighted by molar-refractivity contribution is 7.86. The predicted molar refractivity (Wildman–Crippen MR) is 61.7 cm³/mol. The molecule has 0 rings (SSSR count). The Kier molecular flexibility index (Phi) is 7.88. The second-order valence-corrected chi connectivity index (χ2v) is 6.84. The molecule has 9 heteroatoms. The molecule has 7 nitrogen and oxygen atoms in total. The number of aliphatic hydroxyl groups excluding tert-OH is 1. The van der Waals surface area contributed by atoms with E-state index < -0.39 is 26.0 Å². The number of rotatable bonds is 10. The van der Waals surface area contributed by atoms with Gasteiger partial charge in [-0.2, -0.15) is 16.8 Å². The van der Waals surface area contributed by atoms with Gasteiger partial charge in [-0.3, -0.25) is 8.74 Å². The van der Waals surface area contributed by atoms with E-state index in [1.165, 1.54) is 0 Å². The zero-order chi connectivity index (χ0) is 13.4. The topological polar surface area (TPSA) is 118 Å². The fraction of sp³-hybridized carbons (Fsp3) is 1.00. The van der Waals surface area contributed by atoms with Crippen LogP contribution in [0.3, 0.4) is 0 Å². The highest BCUT2D eigenvalue weighted by atomic mass is 32.2. The molecule has 0 aromatic heterocycles. The summed E-state index contributed by atoms with van der Waals surface area (Å²) in [5.41, 5.74) is 0. The first-order valence-corrected chi connectivity index (χ1v) is 8.38. The van der Waals surface area contributed by atoms with E-state index in [2.05, 4.69) is 4.18 Å². The Hall–Kier alpha value is -0.220. The van der Waals surface area contributed by atoms with Crippen molar-refractivity contribution < 1.29 is 30.7 Å². The molecule has 0 heterocycles. The molecular formula is C8H18O7S2. The maximum absolute atomic E-state index is 11.2. The molecule has 0 aromatic carbocycles. The van der Waals surface area contributed by atoms with Gasteiger partial charge in [0, 0.05) is 6.61 Å². The first-order chi connectivity index (χ1) is 7.77. The summed E-state index contributed by atoms with van der Waals surface area (Å²) in [4.78, 5) is 0. The molecule has 0 fully saturated rings. The zero-order valence-electron chi connectivity index (χ0n) is 9.41. The van der Waals surface area contributed by atoms with Gasteiger partial charge in [0.2, 0.25) is 0 Å². The van der Waals surface area contributed by atoms with Crippen molar-refractivity contribution in [1.82, 2.24) is 0 Å². The monoisotopic (exact) mass is 290 g/mol. The van der Waals surface area contributed by atoms with Crippen molar-refractivity contribution in [2.45, 2.75) is 25.7 Å². The van der Waals surface area contributed by atoms with Crippen LogP contribution in [0.5, 0.6) is 0 Å². The molecule has 0 saturated carbocycles. The van der Waals surface area contributed by atoms with Gasteiger partial charge in [-0.05, 0) is 25.7 Å². The van der Waals surface area contributed by atoms with Crippen LogP contribution in [-0.2, 0) is 24.4 Å². The van der Waals surface area contributed by atoms with Gasteiger partial charge in [-0.1, -0.05) is 0 Å². The Morgan fingerprint density at radius 3 is 2.00 bits per heavy atom. The lowest BCUT2D eigenvalue weighted by molar-refractivity contribution is 0.284. The third-order valence-electron chi connectivity index (χ3n) is 1.86. The third-order valence-corrected chi connectivity index (χ3v) is 3.98. The van der Waals surface area contributed by atoms with Crippen LogP contribution in [0.2, 0.25) is 0 Å². The van der Waals surface area contributed by atoms with E-state index in [1.807, 2.05) is 0 Å². The van der Waals surface area contributed by atoms with Crippen molar-refractivity contribution in [3.63, 3.8) is 0 Å². The number of unbranched alkanes of at least 4 members (excludes halogenated alkanes) is 2. The summed E-state index contributed by atoms with van der Waals surface area (Å²) in [6.45, 7) is -0.166. The maximum Gasteiger partial charge on any atom is 0.267 e. The lowest BCUT2D eigenvalue weighted by Crippen LogP contribution is -2.13. The molecule has 0 aromatic rings. The third kappa shape index (κ3) is 12.0. The molecule has 0 radical (unpaired) electrons. The molecular weight excluding hydrogens is 272 g/mol. The van der Waals surface area contributed by atoms with Gasteiger partial charge < -0.3 is 5.11 Å². The lowest BCUT2D eigenvalue weighted by atomic mass is 10.4. The Bertz CT molecular complexity index is 384. The molecule has 0 aliphatic carbocycles. The van der Waals surface area contributed by atoms with Crippen molar-refractivity contribution in [3.05, 3.63) is 0 Å². The standard InChI is InChI=1S/C8H18O7S2/c9-5-1-3-8-17(13,14)15-6-2-4-7-16(10,11)12/h9H,1-8H2,(H,10,11,12). The molecule has 0 atom stereocenters. The normalized spacial score (nSPS) is 12.8. The summed E-state index contributed by atoms with van der Waals surface area (Å²) in [6.07, 6.45) is 1.10. The van der Waals surface area contributed by atoms with Gasteiger partial charge in [0.15, 0.2) is 0 Å². The van der Waals surface area contributed by atoms with Crippen LogP contribution in [0.15, 0.2) is 0 Å². The van der Waals surface area contributed by atoms with Crippen molar-refractivity contribution in [1.29, 1.82) is 0 Å². The van der Waals surface area contributed by atoms with E-state index in [1.54, 1.807) is 0 Å². The molecule has 104 valence electrons. The van der Waals surface area contributed by atoms with Crippen LogP contribution in [0.4, 0.5) is 0 Å². The summed E-state index contributed by atoms with van der Waals surface area (Å²) < 4.78 is 56.1. The van der Waals surface area contributed by atoms with Crippen LogP contribution < -0.4 is 0 Å². The minimum atomic E-state index is -3.99. The first kappa shape index (κ1) is 16.8. The van der Waals surface area contributed by atoms with Crippen molar-refractivity contribution in [3.8, 4) is 0 Å². The number of hydrogen-bond donors (Lipinski definition) is 2. The fourth-order valence-electron chi connectivity index (χ4n) is 1.02. The average Bonchev–Trinajstić information content (AvgIpc) is 2.15. The SMILES string of the molecule is O=S(=O)(O)CCCCOS(=O)(=O)CCCCO. The highest BCUT2D eigenvalue weighted by Gasteiger charge is 2.11. The minimum absolute atomic E-state index is 0.0656. The Labute approximate surface area is 102 Å². The minimum Gasteiger partial charge on any atom is -0.396 e. The fourth-order valence-corrected chi connectivity index (χ4v) is 2.64. The molecule has 0 spiro atoms. The molecule has 0 unspecified atom stereocenters. The van der Waals surface area contributed by atoms with Crippen LogP contribution >= 0.6 is 0 Å². The van der Waals surface area contributed by atoms with Crippen LogP contribution in [0.25, 0.3) is 0 Å². The molecule has 0 saturated heterocycles. The summed E-state index contributed by atoms with van der Waals surface area (Å²) in [5.74, 6) is -0.563.